The highest BCUT2D eigenvalue weighted by molar-refractivity contribution is 7.26. The molecule has 12 rings (SSSR count). The predicted molar refractivity (Wildman–Crippen MR) is 236 cm³/mol. The highest BCUT2D eigenvalue weighted by Gasteiger charge is 2.22. The van der Waals surface area contributed by atoms with Crippen LogP contribution in [0.3, 0.4) is 0 Å². The standard InChI is InChI=1S/C51H30N4OS/c1-3-14-31(15-4-1)34-20-11-21-38-37-29-28-33(30-45(37)57-48(34)38)50-52-49(32-16-5-2-6-17-32)53-51(54-50)39-22-12-26-43-46(39)47-42(25-13-27-44(47)56-43)55-40-23-9-7-18-35(40)36-19-8-10-24-41(36)55/h1-30H. The molecule has 8 aromatic carbocycles. The molecule has 4 heterocycles. The molecule has 5 nitrogen and oxygen atoms in total. The number of aromatic nitrogens is 4. The van der Waals surface area contributed by atoms with Gasteiger partial charge >= 0.3 is 0 Å². The molecular weight excluding hydrogens is 717 g/mol. The third kappa shape index (κ3) is 4.98. The van der Waals surface area contributed by atoms with Gasteiger partial charge in [0.25, 0.3) is 0 Å². The van der Waals surface area contributed by atoms with Crippen molar-refractivity contribution < 1.29 is 4.42 Å². The van der Waals surface area contributed by atoms with E-state index in [0.29, 0.717) is 17.5 Å². The summed E-state index contributed by atoms with van der Waals surface area (Å²) >= 11 is 1.81. The van der Waals surface area contributed by atoms with Crippen LogP contribution in [-0.4, -0.2) is 19.5 Å². The fraction of sp³-hybridized carbons (Fsp3) is 0. The van der Waals surface area contributed by atoms with E-state index in [0.717, 1.165) is 55.3 Å². The average molecular weight is 747 g/mol. The molecular formula is C51H30N4OS. The minimum Gasteiger partial charge on any atom is -0.456 e. The van der Waals surface area contributed by atoms with Crippen LogP contribution in [0.15, 0.2) is 186 Å². The average Bonchev–Trinajstić information content (AvgIpc) is 3.96. The highest BCUT2D eigenvalue weighted by atomic mass is 32.1. The SMILES string of the molecule is c1ccc(-c2nc(-c3ccc4c(c3)sc3c(-c5ccccc5)cccc34)nc(-c3cccc4oc5cccc(-n6c7ccccc7c7ccccc76)c5c34)n2)cc1. The van der Waals surface area contributed by atoms with Gasteiger partial charge in [-0.15, -0.1) is 11.3 Å². The number of rotatable bonds is 5. The second-order valence-electron chi connectivity index (χ2n) is 14.3. The summed E-state index contributed by atoms with van der Waals surface area (Å²) in [5.41, 5.74) is 10.1. The maximum Gasteiger partial charge on any atom is 0.164 e. The van der Waals surface area contributed by atoms with Crippen molar-refractivity contribution in [3.8, 4) is 51.0 Å². The zero-order valence-electron chi connectivity index (χ0n) is 30.4. The fourth-order valence-electron chi connectivity index (χ4n) is 8.53. The Labute approximate surface area is 330 Å². The van der Waals surface area contributed by atoms with Crippen molar-refractivity contribution in [2.24, 2.45) is 0 Å². The summed E-state index contributed by atoms with van der Waals surface area (Å²) < 4.78 is 11.5. The Hall–Kier alpha value is -7.41. The molecule has 0 spiro atoms. The lowest BCUT2D eigenvalue weighted by atomic mass is 10.0. The summed E-state index contributed by atoms with van der Waals surface area (Å²) in [7, 11) is 0. The van der Waals surface area contributed by atoms with Gasteiger partial charge in [-0.3, -0.25) is 0 Å². The van der Waals surface area contributed by atoms with Crippen LogP contribution in [0.2, 0.25) is 0 Å². The lowest BCUT2D eigenvalue weighted by Crippen LogP contribution is -2.00. The quantitative estimate of drug-likeness (QED) is 0.176. The van der Waals surface area contributed by atoms with E-state index in [2.05, 4.69) is 150 Å². The van der Waals surface area contributed by atoms with E-state index in [-0.39, 0.29) is 0 Å². The molecule has 57 heavy (non-hydrogen) atoms. The van der Waals surface area contributed by atoms with Gasteiger partial charge in [0.2, 0.25) is 0 Å². The number of hydrogen-bond donors (Lipinski definition) is 0. The Morgan fingerprint density at radius 3 is 1.74 bits per heavy atom. The van der Waals surface area contributed by atoms with E-state index in [1.54, 1.807) is 0 Å². The minimum atomic E-state index is 0.590. The van der Waals surface area contributed by atoms with Gasteiger partial charge in [0.15, 0.2) is 17.5 Å². The normalized spacial score (nSPS) is 11.9. The van der Waals surface area contributed by atoms with Crippen molar-refractivity contribution in [3.05, 3.63) is 182 Å². The van der Waals surface area contributed by atoms with Crippen molar-refractivity contribution in [1.29, 1.82) is 0 Å². The summed E-state index contributed by atoms with van der Waals surface area (Å²) in [6, 6.07) is 63.6. The fourth-order valence-corrected chi connectivity index (χ4v) is 9.80. The van der Waals surface area contributed by atoms with Crippen molar-refractivity contribution in [2.75, 3.05) is 0 Å². The second-order valence-corrected chi connectivity index (χ2v) is 15.4. The van der Waals surface area contributed by atoms with E-state index < -0.39 is 0 Å². The number of para-hydroxylation sites is 2. The smallest absolute Gasteiger partial charge is 0.164 e. The lowest BCUT2D eigenvalue weighted by Gasteiger charge is -2.12. The molecule has 0 radical (unpaired) electrons. The number of furan rings is 1. The summed E-state index contributed by atoms with van der Waals surface area (Å²) in [4.78, 5) is 15.6. The molecule has 0 aliphatic heterocycles. The number of thiophene rings is 1. The van der Waals surface area contributed by atoms with Crippen LogP contribution in [-0.2, 0) is 0 Å². The van der Waals surface area contributed by atoms with Gasteiger partial charge in [-0.1, -0.05) is 146 Å². The van der Waals surface area contributed by atoms with E-state index >= 15 is 0 Å². The first-order chi connectivity index (χ1) is 28.3. The van der Waals surface area contributed by atoms with Gasteiger partial charge in [0, 0.05) is 53.0 Å². The molecule has 0 amide bonds. The molecule has 0 saturated heterocycles. The van der Waals surface area contributed by atoms with Gasteiger partial charge in [0.1, 0.15) is 11.2 Å². The van der Waals surface area contributed by atoms with Crippen LogP contribution in [0.1, 0.15) is 0 Å². The van der Waals surface area contributed by atoms with Crippen molar-refractivity contribution in [3.63, 3.8) is 0 Å². The Balaban J connectivity index is 1.10. The Kier molecular flexibility index (Phi) is 7.03. The molecule has 0 bridgehead atoms. The number of nitrogens with zero attached hydrogens (tertiary/aromatic N) is 4. The minimum absolute atomic E-state index is 0.590. The first-order valence-electron chi connectivity index (χ1n) is 19.0. The van der Waals surface area contributed by atoms with Crippen LogP contribution in [0.4, 0.5) is 0 Å². The summed E-state index contributed by atoms with van der Waals surface area (Å²) in [6.07, 6.45) is 0. The molecule has 0 unspecified atom stereocenters. The maximum absolute atomic E-state index is 6.64. The van der Waals surface area contributed by atoms with Gasteiger partial charge in [-0.05, 0) is 47.5 Å². The van der Waals surface area contributed by atoms with Gasteiger partial charge < -0.3 is 8.98 Å². The number of benzene rings is 8. The largest absolute Gasteiger partial charge is 0.456 e. The van der Waals surface area contributed by atoms with Crippen molar-refractivity contribution >= 4 is 75.3 Å². The van der Waals surface area contributed by atoms with Gasteiger partial charge in [0.05, 0.1) is 22.1 Å². The molecule has 0 aliphatic carbocycles. The molecule has 0 N–H and O–H groups in total. The maximum atomic E-state index is 6.64. The Morgan fingerprint density at radius 1 is 0.404 bits per heavy atom. The topological polar surface area (TPSA) is 56.7 Å². The first-order valence-corrected chi connectivity index (χ1v) is 19.8. The molecule has 0 saturated carbocycles. The van der Waals surface area contributed by atoms with Crippen LogP contribution in [0.5, 0.6) is 0 Å². The van der Waals surface area contributed by atoms with Gasteiger partial charge in [-0.25, -0.2) is 15.0 Å². The molecule has 0 fully saturated rings. The molecule has 0 aliphatic rings. The van der Waals surface area contributed by atoms with Crippen molar-refractivity contribution in [1.82, 2.24) is 19.5 Å². The zero-order chi connectivity index (χ0) is 37.5. The van der Waals surface area contributed by atoms with Gasteiger partial charge in [-0.2, -0.15) is 0 Å². The first kappa shape index (κ1) is 31.9. The van der Waals surface area contributed by atoms with E-state index in [1.165, 1.54) is 42.1 Å². The highest BCUT2D eigenvalue weighted by Crippen LogP contribution is 2.44. The lowest BCUT2D eigenvalue weighted by molar-refractivity contribution is 0.669. The van der Waals surface area contributed by atoms with Crippen LogP contribution >= 0.6 is 11.3 Å². The Morgan fingerprint density at radius 2 is 0.982 bits per heavy atom. The van der Waals surface area contributed by atoms with E-state index in [4.69, 9.17) is 19.4 Å². The molecule has 0 atom stereocenters. The number of hydrogen-bond acceptors (Lipinski definition) is 5. The molecule has 266 valence electrons. The zero-order valence-corrected chi connectivity index (χ0v) is 31.2. The molecule has 4 aromatic heterocycles. The van der Waals surface area contributed by atoms with E-state index in [9.17, 15) is 0 Å². The van der Waals surface area contributed by atoms with Crippen LogP contribution in [0.25, 0.3) is 115 Å². The second kappa shape index (κ2) is 12.6. The third-order valence-corrected chi connectivity index (χ3v) is 12.3. The van der Waals surface area contributed by atoms with Crippen LogP contribution < -0.4 is 0 Å². The number of fused-ring (bicyclic) bond motifs is 9. The third-order valence-electron chi connectivity index (χ3n) is 11.1. The summed E-state index contributed by atoms with van der Waals surface area (Å²) in [6.45, 7) is 0. The summed E-state index contributed by atoms with van der Waals surface area (Å²) in [5.74, 6) is 1.83. The van der Waals surface area contributed by atoms with E-state index in [1.807, 2.05) is 47.7 Å². The monoisotopic (exact) mass is 746 g/mol. The molecule has 6 heteroatoms. The van der Waals surface area contributed by atoms with Crippen LogP contribution in [0, 0.1) is 0 Å². The van der Waals surface area contributed by atoms with Crippen molar-refractivity contribution in [2.45, 2.75) is 0 Å². The summed E-state index contributed by atoms with van der Waals surface area (Å²) in [5, 5.41) is 6.87. The molecule has 12 aromatic rings. The predicted octanol–water partition coefficient (Wildman–Crippen LogP) is 13.9. The Bertz CT molecular complexity index is 3470.